The minimum atomic E-state index is -10.3. The molecule has 0 unspecified atom stereocenters. The van der Waals surface area contributed by atoms with Gasteiger partial charge >= 0.3 is 126 Å². The van der Waals surface area contributed by atoms with Gasteiger partial charge in [-0.05, 0) is 0 Å². The molecule has 0 aliphatic heterocycles. The van der Waals surface area contributed by atoms with Crippen molar-refractivity contribution in [3.63, 3.8) is 0 Å². The molecular formula is H5CoN8NaO12. The van der Waals surface area contributed by atoms with Crippen molar-refractivity contribution in [2.45, 2.75) is 0 Å². The van der Waals surface area contributed by atoms with Crippen molar-refractivity contribution in [3.8, 4) is 0 Å². The summed E-state index contributed by atoms with van der Waals surface area (Å²) < 4.78 is -19.6. The van der Waals surface area contributed by atoms with E-state index in [1.54, 1.807) is 0 Å². The van der Waals surface area contributed by atoms with E-state index in [-0.39, 0.29) is 29.6 Å². The van der Waals surface area contributed by atoms with Crippen LogP contribution in [-0.4, -0.2) is 53.4 Å². The fourth-order valence-electron chi connectivity index (χ4n) is 0.667. The normalized spacial score (nSPS) is 12.8. The van der Waals surface area contributed by atoms with Crippen molar-refractivity contribution in [3.05, 3.63) is 60.7 Å². The molecule has 0 amide bonds. The Morgan fingerprint density at radius 1 is 0.500 bits per heavy atom. The maximum atomic E-state index is 10.5. The fourth-order valence-corrected chi connectivity index (χ4v) is 2.75. The molecule has 0 aliphatic rings. The van der Waals surface area contributed by atoms with E-state index < -0.39 is 35.7 Å². The van der Waals surface area contributed by atoms with Gasteiger partial charge in [0.05, 0.1) is 0 Å². The summed E-state index contributed by atoms with van der Waals surface area (Å²) in [4.78, 5) is 63.2. The topological polar surface area (TPSA) is 311 Å². The Labute approximate surface area is 137 Å². The fraction of sp³-hybridized carbons (Fsp3) is 0. The first kappa shape index (κ1) is 24.8. The molecule has 0 aromatic heterocycles. The molecule has 0 aromatic rings. The van der Waals surface area contributed by atoms with Crippen LogP contribution in [0.2, 0.25) is 0 Å². The average molecular weight is 391 g/mol. The van der Waals surface area contributed by atoms with Crippen molar-refractivity contribution in [2.24, 2.45) is 11.7 Å². The van der Waals surface area contributed by atoms with Crippen LogP contribution in [0.25, 0.3) is 0 Å². The van der Waals surface area contributed by atoms with Crippen molar-refractivity contribution in [2.75, 3.05) is 0 Å². The number of hydrazine groups is 1. The van der Waals surface area contributed by atoms with E-state index >= 15 is 0 Å². The van der Waals surface area contributed by atoms with Gasteiger partial charge < -0.3 is 0 Å². The van der Waals surface area contributed by atoms with Gasteiger partial charge in [-0.3, -0.25) is 11.7 Å². The molecule has 4 N–H and O–H groups in total. The second-order valence-electron chi connectivity index (χ2n) is 2.18. The predicted octanol–water partition coefficient (Wildman–Crippen LogP) is -3.47. The summed E-state index contributed by atoms with van der Waals surface area (Å²) in [7, 11) is 0. The second-order valence-corrected chi connectivity index (χ2v) is 7.58. The Bertz CT molecular complexity index is 434. The van der Waals surface area contributed by atoms with E-state index in [0.717, 1.165) is 0 Å². The zero-order valence-corrected chi connectivity index (χ0v) is 10.1. The van der Waals surface area contributed by atoms with Gasteiger partial charge in [0.2, 0.25) is 0 Å². The molecule has 0 radical (unpaired) electrons. The van der Waals surface area contributed by atoms with Crippen LogP contribution >= 0.6 is 0 Å². The number of hydrogen-bond donors (Lipinski definition) is 2. The zero-order valence-electron chi connectivity index (χ0n) is 9.07. The van der Waals surface area contributed by atoms with Gasteiger partial charge in [0.15, 0.2) is 0 Å². The van der Waals surface area contributed by atoms with Crippen molar-refractivity contribution in [1.29, 1.82) is 0 Å². The number of hydrogen-bond acceptors (Lipinski definition) is 14. The Balaban J connectivity index is -0.00000115. The first-order valence-electron chi connectivity index (χ1n) is 3.42. The summed E-state index contributed by atoms with van der Waals surface area (Å²) in [6.07, 6.45) is 0. The number of rotatable bonds is 6. The van der Waals surface area contributed by atoms with Gasteiger partial charge in [0.25, 0.3) is 0 Å². The van der Waals surface area contributed by atoms with Crippen LogP contribution in [-0.2, 0) is 11.8 Å². The summed E-state index contributed by atoms with van der Waals surface area (Å²) in [5.74, 6) is 8.00. The van der Waals surface area contributed by atoms with Gasteiger partial charge in [-0.2, -0.15) is 0 Å². The summed E-state index contributed by atoms with van der Waals surface area (Å²) in [5.41, 5.74) is 0. The van der Waals surface area contributed by atoms with Crippen LogP contribution in [0.5, 0.6) is 0 Å². The Kier molecular flexibility index (Phi) is 7.10. The van der Waals surface area contributed by atoms with Gasteiger partial charge in [0.1, 0.15) is 0 Å². The molecule has 0 saturated heterocycles. The summed E-state index contributed by atoms with van der Waals surface area (Å²) in [6, 6.07) is 0. The third-order valence-electron chi connectivity index (χ3n) is 1.63. The molecule has 0 spiro atoms. The Morgan fingerprint density at radius 3 is 0.591 bits per heavy atom. The van der Waals surface area contributed by atoms with Crippen LogP contribution in [0, 0.1) is 60.7 Å². The molecule has 22 heavy (non-hydrogen) atoms. The molecule has 0 saturated carbocycles. The number of nitrogens with zero attached hydrogens (tertiary/aromatic N) is 6. The monoisotopic (exact) mass is 391 g/mol. The van der Waals surface area contributed by atoms with Gasteiger partial charge in [-0.25, -0.2) is 0 Å². The van der Waals surface area contributed by atoms with Crippen molar-refractivity contribution in [1.82, 2.24) is 0 Å². The second kappa shape index (κ2) is 6.30. The van der Waals surface area contributed by atoms with Gasteiger partial charge in [0, 0.05) is 0 Å². The molecule has 20 nitrogen and oxygen atoms in total. The van der Waals surface area contributed by atoms with Crippen LogP contribution in [0.3, 0.4) is 0 Å². The molecule has 22 heteroatoms. The zero-order chi connectivity index (χ0) is 17.9. The van der Waals surface area contributed by atoms with Gasteiger partial charge in [-0.1, -0.05) is 0 Å². The molecule has 0 atom stereocenters. The molecular weight excluding hydrogens is 386 g/mol. The van der Waals surface area contributed by atoms with E-state index in [9.17, 15) is 60.7 Å². The Morgan fingerprint density at radius 2 is 0.591 bits per heavy atom. The standard InChI is InChI=1S/Co.H4N2.6NO2.Na.H/c;1-2;6*2-1-3;;/h;1-2H2;;;;;;;;. The van der Waals surface area contributed by atoms with Crippen LogP contribution in [0.1, 0.15) is 0 Å². The molecule has 0 fully saturated rings. The molecule has 0 rings (SSSR count). The summed E-state index contributed by atoms with van der Waals surface area (Å²) in [6.45, 7) is 0. The number of nitro groups is 6. The van der Waals surface area contributed by atoms with Crippen LogP contribution in [0.15, 0.2) is 0 Å². The molecule has 0 heterocycles. The average Bonchev–Trinajstić information content (AvgIpc) is 2.30. The quantitative estimate of drug-likeness (QED) is 0.192. The Hall–Kier alpha value is -2.17. The minimum absolute atomic E-state index is 0. The van der Waals surface area contributed by atoms with Crippen molar-refractivity contribution < 1.29 is 35.7 Å². The molecule has 0 aromatic carbocycles. The van der Waals surface area contributed by atoms with Crippen LogP contribution < -0.4 is 11.7 Å². The first-order chi connectivity index (χ1) is 9.34. The molecule has 0 aliphatic carbocycles. The maximum absolute atomic E-state index is 10.5. The van der Waals surface area contributed by atoms with Crippen LogP contribution in [0.4, 0.5) is 0 Å². The first-order valence-corrected chi connectivity index (χ1v) is 6.21. The van der Waals surface area contributed by atoms with Gasteiger partial charge in [-0.15, -0.1) is 0 Å². The summed E-state index contributed by atoms with van der Waals surface area (Å²) >= 11 is -10.3. The predicted molar refractivity (Wildman–Crippen MR) is 57.5 cm³/mol. The molecule has 0 bridgehead atoms. The number of nitrogens with two attached hydrogens (primary N) is 2. The van der Waals surface area contributed by atoms with E-state index in [1.807, 2.05) is 0 Å². The third kappa shape index (κ3) is 1.51. The van der Waals surface area contributed by atoms with E-state index in [2.05, 4.69) is 11.7 Å². The SMILES string of the molecule is NN.O=[N+]([O-])[Co]([N+](=O)[O-])([N+](=O)[O-])([N+](=O)[O-])([N+](=O)[O-])[N+](=O)[O-].[NaH]. The third-order valence-corrected chi connectivity index (χ3v) is 6.73. The van der Waals surface area contributed by atoms with E-state index in [0.29, 0.717) is 0 Å². The van der Waals surface area contributed by atoms with Crippen molar-refractivity contribution >= 4 is 29.6 Å². The molecule has 127 valence electrons. The van der Waals surface area contributed by atoms with E-state index in [1.165, 1.54) is 0 Å². The summed E-state index contributed by atoms with van der Waals surface area (Å²) in [5, 5.41) is 63.2. The van der Waals surface area contributed by atoms with E-state index in [4.69, 9.17) is 0 Å².